The molecule has 0 radical (unpaired) electrons. The number of aromatic nitrogens is 5. The molecule has 0 bridgehead atoms. The summed E-state index contributed by atoms with van der Waals surface area (Å²) in [4.78, 5) is 16.1. The van der Waals surface area contributed by atoms with Gasteiger partial charge in [-0.05, 0) is 19.1 Å². The number of methoxy groups -OCH3 is 1. The van der Waals surface area contributed by atoms with E-state index in [1.165, 1.54) is 0 Å². The number of aromatic amines is 1. The highest BCUT2D eigenvalue weighted by atomic mass is 16.5. The van der Waals surface area contributed by atoms with Crippen LogP contribution in [0.15, 0.2) is 48.1 Å². The molecular weight excluding hydrogens is 344 g/mol. The van der Waals surface area contributed by atoms with E-state index in [-0.39, 0.29) is 5.88 Å². The number of aromatic hydroxyl groups is 1. The molecule has 4 aromatic rings. The predicted molar refractivity (Wildman–Crippen MR) is 103 cm³/mol. The minimum Gasteiger partial charge on any atom is -0.496 e. The first-order chi connectivity index (χ1) is 13.1. The lowest BCUT2D eigenvalue weighted by atomic mass is 10.1. The van der Waals surface area contributed by atoms with Gasteiger partial charge in [0.25, 0.3) is 0 Å². The maximum Gasteiger partial charge on any atom is 0.198 e. The summed E-state index contributed by atoms with van der Waals surface area (Å²) in [6.07, 6.45) is 8.53. The number of rotatable bonds is 4. The van der Waals surface area contributed by atoms with Crippen LogP contribution >= 0.6 is 0 Å². The quantitative estimate of drug-likeness (QED) is 0.543. The van der Waals surface area contributed by atoms with Gasteiger partial charge in [0.15, 0.2) is 5.88 Å². The Balaban J connectivity index is 1.86. The summed E-state index contributed by atoms with van der Waals surface area (Å²) in [6, 6.07) is 3.68. The molecule has 27 heavy (non-hydrogen) atoms. The molecule has 0 saturated heterocycles. The van der Waals surface area contributed by atoms with E-state index in [2.05, 4.69) is 25.0 Å². The average molecular weight is 362 g/mol. The van der Waals surface area contributed by atoms with Crippen LogP contribution in [0.3, 0.4) is 0 Å². The van der Waals surface area contributed by atoms with Crippen molar-refractivity contribution >= 4 is 22.3 Å². The van der Waals surface area contributed by atoms with Gasteiger partial charge in [0.1, 0.15) is 11.4 Å². The van der Waals surface area contributed by atoms with Gasteiger partial charge in [-0.3, -0.25) is 14.6 Å². The second-order valence-corrected chi connectivity index (χ2v) is 6.11. The fourth-order valence-corrected chi connectivity index (χ4v) is 3.06. The second kappa shape index (κ2) is 6.56. The van der Waals surface area contributed by atoms with Crippen molar-refractivity contribution in [1.29, 1.82) is 0 Å². The summed E-state index contributed by atoms with van der Waals surface area (Å²) in [7, 11) is 3.44. The molecule has 0 fully saturated rings. The molecule has 0 saturated carbocycles. The van der Waals surface area contributed by atoms with Crippen LogP contribution in [0, 0.1) is 0 Å². The van der Waals surface area contributed by atoms with Crippen LogP contribution in [0.4, 0.5) is 5.69 Å². The third kappa shape index (κ3) is 3.01. The topological polar surface area (TPSA) is 101 Å². The van der Waals surface area contributed by atoms with Crippen LogP contribution < -0.4 is 4.74 Å². The van der Waals surface area contributed by atoms with Crippen molar-refractivity contribution in [2.75, 3.05) is 7.11 Å². The molecule has 4 aromatic heterocycles. The SMILES string of the molecule is COc1ccncc1-c1cc2c(C(C)=Nc3cnn(C)c3)c(O)[nH]c2cn1. The van der Waals surface area contributed by atoms with Crippen LogP contribution in [0.25, 0.3) is 22.2 Å². The molecular formula is C19H18N6O2. The number of hydrogen-bond donors (Lipinski definition) is 2. The molecule has 8 nitrogen and oxygen atoms in total. The van der Waals surface area contributed by atoms with Crippen molar-refractivity contribution in [3.63, 3.8) is 0 Å². The molecule has 0 unspecified atom stereocenters. The first-order valence-corrected chi connectivity index (χ1v) is 8.30. The van der Waals surface area contributed by atoms with Gasteiger partial charge in [-0.1, -0.05) is 0 Å². The number of ether oxygens (including phenoxy) is 1. The van der Waals surface area contributed by atoms with Gasteiger partial charge in [-0.25, -0.2) is 4.99 Å². The molecule has 0 aliphatic carbocycles. The van der Waals surface area contributed by atoms with Gasteiger partial charge in [-0.2, -0.15) is 5.10 Å². The average Bonchev–Trinajstić information content (AvgIpc) is 3.22. The molecule has 0 aliphatic rings. The predicted octanol–water partition coefficient (Wildman–Crippen LogP) is 3.21. The van der Waals surface area contributed by atoms with Gasteiger partial charge in [0.2, 0.25) is 0 Å². The number of hydrogen-bond acceptors (Lipinski definition) is 6. The normalized spacial score (nSPS) is 11.9. The van der Waals surface area contributed by atoms with E-state index in [9.17, 15) is 5.11 Å². The van der Waals surface area contributed by atoms with Crippen molar-refractivity contribution in [3.05, 3.63) is 48.7 Å². The molecule has 0 spiro atoms. The number of aryl methyl sites for hydroxylation is 1. The third-order valence-corrected chi connectivity index (χ3v) is 4.29. The Morgan fingerprint density at radius 3 is 2.89 bits per heavy atom. The maximum atomic E-state index is 10.4. The summed E-state index contributed by atoms with van der Waals surface area (Å²) in [6.45, 7) is 1.85. The summed E-state index contributed by atoms with van der Waals surface area (Å²) < 4.78 is 7.08. The molecule has 4 rings (SSSR count). The fraction of sp³-hybridized carbons (Fsp3) is 0.158. The summed E-state index contributed by atoms with van der Waals surface area (Å²) >= 11 is 0. The Hall–Kier alpha value is -3.68. The Bertz CT molecular complexity index is 1160. The van der Waals surface area contributed by atoms with Gasteiger partial charge in [-0.15, -0.1) is 0 Å². The molecule has 4 heterocycles. The third-order valence-electron chi connectivity index (χ3n) is 4.29. The summed E-state index contributed by atoms with van der Waals surface area (Å²) in [5, 5.41) is 15.4. The molecule has 0 amide bonds. The molecule has 0 aromatic carbocycles. The Labute approximate surface area is 155 Å². The maximum absolute atomic E-state index is 10.4. The van der Waals surface area contributed by atoms with Crippen molar-refractivity contribution in [3.8, 4) is 22.9 Å². The van der Waals surface area contributed by atoms with E-state index < -0.39 is 0 Å². The van der Waals surface area contributed by atoms with Crippen LogP contribution in [0.5, 0.6) is 11.6 Å². The minimum absolute atomic E-state index is 0.0484. The number of fused-ring (bicyclic) bond motifs is 1. The highest BCUT2D eigenvalue weighted by Gasteiger charge is 2.16. The van der Waals surface area contributed by atoms with Gasteiger partial charge >= 0.3 is 0 Å². The zero-order valence-corrected chi connectivity index (χ0v) is 15.1. The molecule has 136 valence electrons. The smallest absolute Gasteiger partial charge is 0.198 e. The Morgan fingerprint density at radius 2 is 2.15 bits per heavy atom. The van der Waals surface area contributed by atoms with E-state index in [1.807, 2.05) is 26.2 Å². The minimum atomic E-state index is 0.0484. The number of nitrogens with one attached hydrogen (secondary N) is 1. The van der Waals surface area contributed by atoms with Gasteiger partial charge in [0.05, 0.1) is 53.7 Å². The molecule has 0 aliphatic heterocycles. The van der Waals surface area contributed by atoms with Crippen molar-refractivity contribution in [2.24, 2.45) is 12.0 Å². The van der Waals surface area contributed by atoms with Crippen LogP contribution in [0.2, 0.25) is 0 Å². The monoisotopic (exact) mass is 362 g/mol. The van der Waals surface area contributed by atoms with E-state index >= 15 is 0 Å². The van der Waals surface area contributed by atoms with Crippen molar-refractivity contribution in [1.82, 2.24) is 24.7 Å². The van der Waals surface area contributed by atoms with E-state index in [0.29, 0.717) is 28.4 Å². The highest BCUT2D eigenvalue weighted by molar-refractivity contribution is 6.13. The highest BCUT2D eigenvalue weighted by Crippen LogP contribution is 2.33. The number of aliphatic imine (C=N–C) groups is 1. The zero-order chi connectivity index (χ0) is 19.0. The number of pyridine rings is 2. The fourth-order valence-electron chi connectivity index (χ4n) is 3.06. The second-order valence-electron chi connectivity index (χ2n) is 6.11. The first kappa shape index (κ1) is 16.8. The molecule has 2 N–H and O–H groups in total. The van der Waals surface area contributed by atoms with E-state index in [1.54, 1.807) is 42.6 Å². The van der Waals surface area contributed by atoms with Gasteiger partial charge in [0, 0.05) is 24.8 Å². The van der Waals surface area contributed by atoms with E-state index in [0.717, 1.165) is 16.5 Å². The lowest BCUT2D eigenvalue weighted by Gasteiger charge is -2.07. The lowest BCUT2D eigenvalue weighted by molar-refractivity contribution is 0.416. The summed E-state index contributed by atoms with van der Waals surface area (Å²) in [5.41, 5.74) is 4.20. The standard InChI is InChI=1S/C19H18N6O2/c1-11(23-12-7-22-25(2)10-12)18-13-6-15(21-9-16(13)24-19(18)26)14-8-20-5-4-17(14)27-3/h4-10,24,26H,1-3H3. The Morgan fingerprint density at radius 1 is 1.30 bits per heavy atom. The largest absolute Gasteiger partial charge is 0.496 e. The number of nitrogens with zero attached hydrogens (tertiary/aromatic N) is 5. The van der Waals surface area contributed by atoms with E-state index in [4.69, 9.17) is 4.74 Å². The van der Waals surface area contributed by atoms with Crippen molar-refractivity contribution in [2.45, 2.75) is 6.92 Å². The summed E-state index contributed by atoms with van der Waals surface area (Å²) in [5.74, 6) is 0.728. The zero-order valence-electron chi connectivity index (χ0n) is 15.1. The lowest BCUT2D eigenvalue weighted by Crippen LogP contribution is -1.94. The number of H-pyrrole nitrogens is 1. The Kier molecular flexibility index (Phi) is 4.08. The first-order valence-electron chi connectivity index (χ1n) is 8.30. The molecule has 0 atom stereocenters. The van der Waals surface area contributed by atoms with Crippen molar-refractivity contribution < 1.29 is 9.84 Å². The van der Waals surface area contributed by atoms with Crippen LogP contribution in [-0.2, 0) is 7.05 Å². The van der Waals surface area contributed by atoms with Crippen LogP contribution in [0.1, 0.15) is 12.5 Å². The van der Waals surface area contributed by atoms with Crippen LogP contribution in [-0.4, -0.2) is 42.7 Å². The molecule has 8 heteroatoms. The van der Waals surface area contributed by atoms with Gasteiger partial charge < -0.3 is 14.8 Å².